The third kappa shape index (κ3) is 4.51. The highest BCUT2D eigenvalue weighted by molar-refractivity contribution is 5.69. The van der Waals surface area contributed by atoms with Crippen molar-refractivity contribution in [2.24, 2.45) is 0 Å². The van der Waals surface area contributed by atoms with Crippen LogP contribution in [0.1, 0.15) is 42.4 Å². The van der Waals surface area contributed by atoms with E-state index in [0.717, 1.165) is 43.6 Å². The minimum absolute atomic E-state index is 0.173. The minimum Gasteiger partial charge on any atom is -0.481 e. The highest BCUT2D eigenvalue weighted by atomic mass is 16.4. The molecule has 0 heterocycles. The molecule has 3 aromatic carbocycles. The summed E-state index contributed by atoms with van der Waals surface area (Å²) >= 11 is 0. The Balaban J connectivity index is 1.59. The van der Waals surface area contributed by atoms with Gasteiger partial charge in [-0.2, -0.15) is 0 Å². The first-order valence-corrected chi connectivity index (χ1v) is 10.3. The van der Waals surface area contributed by atoms with Gasteiger partial charge >= 0.3 is 5.97 Å². The molecule has 3 heteroatoms. The molecule has 4 rings (SSSR count). The molecule has 0 atom stereocenters. The second-order valence-corrected chi connectivity index (χ2v) is 8.08. The number of carboxylic acids is 1. The third-order valence-electron chi connectivity index (χ3n) is 6.08. The normalized spacial score (nSPS) is 14.8. The number of carboxylic acid groups (broad SMARTS) is 1. The summed E-state index contributed by atoms with van der Waals surface area (Å²) in [5.41, 5.74) is 4.69. The average molecular weight is 386 g/mol. The van der Waals surface area contributed by atoms with Gasteiger partial charge in [0.15, 0.2) is 0 Å². The molecular formula is C26H27NO2. The molecule has 148 valence electrons. The fraction of sp³-hybridized carbons (Fsp3) is 0.269. The van der Waals surface area contributed by atoms with Crippen LogP contribution in [0.15, 0.2) is 84.9 Å². The van der Waals surface area contributed by atoms with E-state index in [9.17, 15) is 9.90 Å². The van der Waals surface area contributed by atoms with Gasteiger partial charge in [0.05, 0.1) is 6.42 Å². The van der Waals surface area contributed by atoms with Crippen LogP contribution in [0, 0.1) is 0 Å². The molecule has 0 amide bonds. The Morgan fingerprint density at radius 1 is 0.793 bits per heavy atom. The topological polar surface area (TPSA) is 40.5 Å². The maximum Gasteiger partial charge on any atom is 0.304 e. The monoisotopic (exact) mass is 385 g/mol. The van der Waals surface area contributed by atoms with Crippen molar-refractivity contribution >= 4 is 11.7 Å². The zero-order valence-corrected chi connectivity index (χ0v) is 16.6. The molecule has 1 aliphatic rings. The zero-order valence-electron chi connectivity index (χ0n) is 16.6. The molecule has 0 saturated heterocycles. The SMILES string of the molecule is O=C(O)CC1(c2ccc(N(Cc3ccccc3)Cc3ccccc3)cc2)CCC1. The summed E-state index contributed by atoms with van der Waals surface area (Å²) in [6.45, 7) is 1.66. The van der Waals surface area contributed by atoms with Gasteiger partial charge in [0, 0.05) is 24.2 Å². The molecule has 0 radical (unpaired) electrons. The van der Waals surface area contributed by atoms with Crippen LogP contribution < -0.4 is 4.90 Å². The summed E-state index contributed by atoms with van der Waals surface area (Å²) < 4.78 is 0. The van der Waals surface area contributed by atoms with Crippen LogP contribution in [-0.4, -0.2) is 11.1 Å². The van der Waals surface area contributed by atoms with Crippen molar-refractivity contribution in [1.82, 2.24) is 0 Å². The third-order valence-corrected chi connectivity index (χ3v) is 6.08. The van der Waals surface area contributed by atoms with Gasteiger partial charge in [0.2, 0.25) is 0 Å². The lowest BCUT2D eigenvalue weighted by Crippen LogP contribution is -2.36. The van der Waals surface area contributed by atoms with Crippen LogP contribution in [0.25, 0.3) is 0 Å². The Morgan fingerprint density at radius 3 is 1.72 bits per heavy atom. The molecule has 1 saturated carbocycles. The Hall–Kier alpha value is -3.07. The van der Waals surface area contributed by atoms with Gasteiger partial charge in [-0.3, -0.25) is 4.79 Å². The van der Waals surface area contributed by atoms with Gasteiger partial charge in [0.1, 0.15) is 0 Å². The van der Waals surface area contributed by atoms with Gasteiger partial charge in [0.25, 0.3) is 0 Å². The quantitative estimate of drug-likeness (QED) is 0.533. The van der Waals surface area contributed by atoms with Crippen LogP contribution in [0.2, 0.25) is 0 Å². The minimum atomic E-state index is -0.705. The molecule has 1 N–H and O–H groups in total. The van der Waals surface area contributed by atoms with Gasteiger partial charge in [-0.25, -0.2) is 0 Å². The second-order valence-electron chi connectivity index (χ2n) is 8.08. The van der Waals surface area contributed by atoms with E-state index in [1.54, 1.807) is 0 Å². The van der Waals surface area contributed by atoms with E-state index in [2.05, 4.69) is 77.7 Å². The standard InChI is InChI=1S/C26H27NO2/c28-25(29)18-26(16-7-17-26)23-12-14-24(15-13-23)27(19-21-8-3-1-4-9-21)20-22-10-5-2-6-11-22/h1-6,8-15H,7,16-20H2,(H,28,29). The van der Waals surface area contributed by atoms with E-state index in [-0.39, 0.29) is 11.8 Å². The van der Waals surface area contributed by atoms with Gasteiger partial charge in [-0.1, -0.05) is 79.2 Å². The number of benzene rings is 3. The van der Waals surface area contributed by atoms with E-state index < -0.39 is 5.97 Å². The molecular weight excluding hydrogens is 358 g/mol. The molecule has 29 heavy (non-hydrogen) atoms. The number of carbonyl (C=O) groups is 1. The van der Waals surface area contributed by atoms with E-state index in [1.165, 1.54) is 11.1 Å². The molecule has 0 bridgehead atoms. The first kappa shape index (κ1) is 19.3. The number of hydrogen-bond donors (Lipinski definition) is 1. The Kier molecular flexibility index (Phi) is 5.66. The predicted octanol–water partition coefficient (Wildman–Crippen LogP) is 5.79. The summed E-state index contributed by atoms with van der Waals surface area (Å²) in [6, 6.07) is 29.6. The summed E-state index contributed by atoms with van der Waals surface area (Å²) in [5.74, 6) is -0.705. The van der Waals surface area contributed by atoms with Crippen molar-refractivity contribution in [3.8, 4) is 0 Å². The first-order valence-electron chi connectivity index (χ1n) is 10.3. The number of rotatable bonds is 8. The molecule has 1 aliphatic carbocycles. The second kappa shape index (κ2) is 8.52. The molecule has 0 aromatic heterocycles. The maximum absolute atomic E-state index is 11.4. The number of nitrogens with zero attached hydrogens (tertiary/aromatic N) is 1. The van der Waals surface area contributed by atoms with Gasteiger partial charge in [-0.05, 0) is 41.7 Å². The van der Waals surface area contributed by atoms with Crippen LogP contribution in [0.4, 0.5) is 5.69 Å². The van der Waals surface area contributed by atoms with Crippen LogP contribution >= 0.6 is 0 Å². The lowest BCUT2D eigenvalue weighted by atomic mass is 9.62. The van der Waals surface area contributed by atoms with Crippen molar-refractivity contribution in [3.63, 3.8) is 0 Å². The lowest BCUT2D eigenvalue weighted by molar-refractivity contribution is -0.139. The molecule has 1 fully saturated rings. The fourth-order valence-corrected chi connectivity index (χ4v) is 4.33. The van der Waals surface area contributed by atoms with E-state index in [4.69, 9.17) is 0 Å². The molecule has 0 spiro atoms. The Bertz CT molecular complexity index is 890. The number of aliphatic carboxylic acids is 1. The highest BCUT2D eigenvalue weighted by Crippen LogP contribution is 2.46. The summed E-state index contributed by atoms with van der Waals surface area (Å²) in [4.78, 5) is 13.7. The fourth-order valence-electron chi connectivity index (χ4n) is 4.33. The maximum atomic E-state index is 11.4. The summed E-state index contributed by atoms with van der Waals surface area (Å²) in [6.07, 6.45) is 3.28. The Morgan fingerprint density at radius 2 is 1.31 bits per heavy atom. The smallest absolute Gasteiger partial charge is 0.304 e. The van der Waals surface area contributed by atoms with Crippen LogP contribution in [-0.2, 0) is 23.3 Å². The zero-order chi connectivity index (χ0) is 20.1. The lowest BCUT2D eigenvalue weighted by Gasteiger charge is -2.41. The number of hydrogen-bond acceptors (Lipinski definition) is 2. The largest absolute Gasteiger partial charge is 0.481 e. The van der Waals surface area contributed by atoms with E-state index >= 15 is 0 Å². The Labute approximate surface area is 172 Å². The summed E-state index contributed by atoms with van der Waals surface area (Å²) in [5, 5.41) is 9.34. The highest BCUT2D eigenvalue weighted by Gasteiger charge is 2.40. The van der Waals surface area contributed by atoms with Crippen LogP contribution in [0.3, 0.4) is 0 Å². The van der Waals surface area contributed by atoms with E-state index in [0.29, 0.717) is 0 Å². The van der Waals surface area contributed by atoms with Crippen LogP contribution in [0.5, 0.6) is 0 Å². The van der Waals surface area contributed by atoms with Crippen molar-refractivity contribution in [3.05, 3.63) is 102 Å². The molecule has 3 nitrogen and oxygen atoms in total. The van der Waals surface area contributed by atoms with Crippen molar-refractivity contribution in [1.29, 1.82) is 0 Å². The molecule has 3 aromatic rings. The first-order chi connectivity index (χ1) is 14.1. The van der Waals surface area contributed by atoms with Crippen molar-refractivity contribution in [2.75, 3.05) is 4.90 Å². The summed E-state index contributed by atoms with van der Waals surface area (Å²) in [7, 11) is 0. The molecule has 0 unspecified atom stereocenters. The van der Waals surface area contributed by atoms with E-state index in [1.807, 2.05) is 12.1 Å². The van der Waals surface area contributed by atoms with Crippen molar-refractivity contribution < 1.29 is 9.90 Å². The van der Waals surface area contributed by atoms with Gasteiger partial charge in [-0.15, -0.1) is 0 Å². The molecule has 0 aliphatic heterocycles. The van der Waals surface area contributed by atoms with Gasteiger partial charge < -0.3 is 10.0 Å². The average Bonchev–Trinajstić information content (AvgIpc) is 2.72. The number of anilines is 1. The van der Waals surface area contributed by atoms with Crippen molar-refractivity contribution in [2.45, 2.75) is 44.2 Å². The predicted molar refractivity (Wildman–Crippen MR) is 117 cm³/mol.